The summed E-state index contributed by atoms with van der Waals surface area (Å²) in [5.41, 5.74) is 1.91. The second kappa shape index (κ2) is 6.04. The first-order chi connectivity index (χ1) is 9.94. The van der Waals surface area contributed by atoms with Gasteiger partial charge >= 0.3 is 0 Å². The summed E-state index contributed by atoms with van der Waals surface area (Å²) in [6.07, 6.45) is 6.12. The van der Waals surface area contributed by atoms with Crippen LogP contribution < -0.4 is 0 Å². The standard InChI is InChI=1S/C18H16N2S/c1-18(2,3)9-8-14-10-16(13(11-19)12-20)15-6-4-5-7-17(15)21-14/h4-10H,1-3H3/b9-8+. The predicted molar refractivity (Wildman–Crippen MR) is 87.1 cm³/mol. The van der Waals surface area contributed by atoms with Crippen LogP contribution in [0.15, 0.2) is 57.9 Å². The second-order valence-corrected chi connectivity index (χ2v) is 6.97. The molecule has 0 saturated heterocycles. The van der Waals surface area contributed by atoms with E-state index in [1.807, 2.05) is 42.5 Å². The Bertz CT molecular complexity index is 716. The molecule has 0 bridgehead atoms. The maximum absolute atomic E-state index is 9.16. The highest BCUT2D eigenvalue weighted by Gasteiger charge is 2.18. The Hall–Kier alpha value is -2.23. The van der Waals surface area contributed by atoms with Gasteiger partial charge in [-0.15, -0.1) is 0 Å². The quantitative estimate of drug-likeness (QED) is 0.678. The van der Waals surface area contributed by atoms with Gasteiger partial charge < -0.3 is 0 Å². The topological polar surface area (TPSA) is 47.6 Å². The van der Waals surface area contributed by atoms with Gasteiger partial charge in [0.2, 0.25) is 0 Å². The van der Waals surface area contributed by atoms with Crippen molar-refractivity contribution in [3.8, 4) is 12.1 Å². The summed E-state index contributed by atoms with van der Waals surface area (Å²) in [6.45, 7) is 6.41. The minimum atomic E-state index is 0.0928. The molecule has 0 spiro atoms. The average Bonchev–Trinajstić information content (AvgIpc) is 2.45. The highest BCUT2D eigenvalue weighted by molar-refractivity contribution is 8.03. The summed E-state index contributed by atoms with van der Waals surface area (Å²) in [5.74, 6) is 0. The molecule has 104 valence electrons. The number of hydrogen-bond acceptors (Lipinski definition) is 3. The SMILES string of the molecule is CC(C)(C)/C=C/C1=CC(=C(C#N)C#N)c2ccccc2S1. The lowest BCUT2D eigenvalue weighted by Crippen LogP contribution is -1.99. The van der Waals surface area contributed by atoms with Crippen LogP contribution in [0.4, 0.5) is 0 Å². The monoisotopic (exact) mass is 292 g/mol. The Morgan fingerprint density at radius 1 is 1.14 bits per heavy atom. The van der Waals surface area contributed by atoms with E-state index in [1.165, 1.54) is 0 Å². The molecule has 1 aliphatic rings. The van der Waals surface area contributed by atoms with Gasteiger partial charge in [0.15, 0.2) is 0 Å². The van der Waals surface area contributed by atoms with Gasteiger partial charge in [0.05, 0.1) is 0 Å². The van der Waals surface area contributed by atoms with Crippen molar-refractivity contribution in [2.24, 2.45) is 5.41 Å². The van der Waals surface area contributed by atoms with E-state index < -0.39 is 0 Å². The van der Waals surface area contributed by atoms with Crippen molar-refractivity contribution < 1.29 is 0 Å². The number of rotatable bonds is 1. The van der Waals surface area contributed by atoms with Crippen molar-refractivity contribution in [3.05, 3.63) is 58.5 Å². The lowest BCUT2D eigenvalue weighted by molar-refractivity contribution is 0.544. The Labute approximate surface area is 130 Å². The maximum Gasteiger partial charge on any atom is 0.137 e. The fraction of sp³-hybridized carbons (Fsp3) is 0.222. The van der Waals surface area contributed by atoms with E-state index in [-0.39, 0.29) is 11.0 Å². The molecule has 0 atom stereocenters. The van der Waals surface area contributed by atoms with Crippen molar-refractivity contribution in [1.82, 2.24) is 0 Å². The minimum absolute atomic E-state index is 0.0928. The molecule has 21 heavy (non-hydrogen) atoms. The zero-order chi connectivity index (χ0) is 15.5. The second-order valence-electron chi connectivity index (χ2n) is 5.86. The van der Waals surface area contributed by atoms with Crippen LogP contribution >= 0.6 is 11.8 Å². The molecule has 1 aliphatic heterocycles. The van der Waals surface area contributed by atoms with Crippen LogP contribution in [0.5, 0.6) is 0 Å². The molecule has 1 aromatic rings. The van der Waals surface area contributed by atoms with Crippen LogP contribution in [0.25, 0.3) is 5.57 Å². The average molecular weight is 292 g/mol. The van der Waals surface area contributed by atoms with E-state index in [0.717, 1.165) is 15.4 Å². The van der Waals surface area contributed by atoms with E-state index in [2.05, 4.69) is 32.9 Å². The molecule has 2 nitrogen and oxygen atoms in total. The maximum atomic E-state index is 9.16. The summed E-state index contributed by atoms with van der Waals surface area (Å²) in [6, 6.07) is 11.9. The highest BCUT2D eigenvalue weighted by Crippen LogP contribution is 2.41. The molecule has 0 saturated carbocycles. The molecule has 3 heteroatoms. The number of thioether (sulfide) groups is 1. The first-order valence-corrected chi connectivity index (χ1v) is 7.49. The highest BCUT2D eigenvalue weighted by atomic mass is 32.2. The van der Waals surface area contributed by atoms with Gasteiger partial charge in [-0.3, -0.25) is 0 Å². The Kier molecular flexibility index (Phi) is 4.36. The lowest BCUT2D eigenvalue weighted by atomic mass is 9.95. The van der Waals surface area contributed by atoms with Gasteiger partial charge in [-0.05, 0) is 23.1 Å². The van der Waals surface area contributed by atoms with Gasteiger partial charge in [-0.2, -0.15) is 10.5 Å². The van der Waals surface area contributed by atoms with E-state index in [4.69, 9.17) is 10.5 Å². The lowest BCUT2D eigenvalue weighted by Gasteiger charge is -2.18. The Morgan fingerprint density at radius 2 is 1.81 bits per heavy atom. The van der Waals surface area contributed by atoms with Gasteiger partial charge in [0, 0.05) is 15.4 Å². The number of fused-ring (bicyclic) bond motifs is 1. The van der Waals surface area contributed by atoms with Crippen LogP contribution in [0.1, 0.15) is 26.3 Å². The molecule has 0 N–H and O–H groups in total. The number of allylic oxidation sites excluding steroid dienone is 5. The van der Waals surface area contributed by atoms with E-state index in [0.29, 0.717) is 5.57 Å². The molecule has 0 aromatic heterocycles. The molecular formula is C18H16N2S. The minimum Gasteiger partial charge on any atom is -0.192 e. The van der Waals surface area contributed by atoms with Crippen molar-refractivity contribution >= 4 is 17.3 Å². The molecule has 0 radical (unpaired) electrons. The third kappa shape index (κ3) is 3.66. The molecular weight excluding hydrogens is 276 g/mol. The smallest absolute Gasteiger partial charge is 0.137 e. The fourth-order valence-electron chi connectivity index (χ4n) is 1.92. The first kappa shape index (κ1) is 15.2. The van der Waals surface area contributed by atoms with Crippen LogP contribution in [0, 0.1) is 28.1 Å². The van der Waals surface area contributed by atoms with Crippen molar-refractivity contribution in [2.75, 3.05) is 0 Å². The van der Waals surface area contributed by atoms with Gasteiger partial charge in [0.25, 0.3) is 0 Å². The number of nitriles is 2. The van der Waals surface area contributed by atoms with Crippen molar-refractivity contribution in [3.63, 3.8) is 0 Å². The summed E-state index contributed by atoms with van der Waals surface area (Å²) in [7, 11) is 0. The Balaban J connectivity index is 2.55. The zero-order valence-electron chi connectivity index (χ0n) is 12.3. The molecule has 0 amide bonds. The molecule has 2 rings (SSSR count). The van der Waals surface area contributed by atoms with E-state index >= 15 is 0 Å². The first-order valence-electron chi connectivity index (χ1n) is 6.67. The Morgan fingerprint density at radius 3 is 2.43 bits per heavy atom. The van der Waals surface area contributed by atoms with Crippen LogP contribution in [0.2, 0.25) is 0 Å². The molecule has 0 aliphatic carbocycles. The van der Waals surface area contributed by atoms with Crippen LogP contribution in [-0.4, -0.2) is 0 Å². The largest absolute Gasteiger partial charge is 0.192 e. The van der Waals surface area contributed by atoms with Crippen molar-refractivity contribution in [1.29, 1.82) is 10.5 Å². The van der Waals surface area contributed by atoms with Gasteiger partial charge in [-0.1, -0.05) is 62.9 Å². The third-order valence-electron chi connectivity index (χ3n) is 2.93. The fourth-order valence-corrected chi connectivity index (χ4v) is 2.92. The number of benzene rings is 1. The zero-order valence-corrected chi connectivity index (χ0v) is 13.2. The van der Waals surface area contributed by atoms with E-state index in [1.54, 1.807) is 11.8 Å². The molecule has 1 heterocycles. The number of nitrogens with zero attached hydrogens (tertiary/aromatic N) is 2. The summed E-state index contributed by atoms with van der Waals surface area (Å²) < 4.78 is 0. The van der Waals surface area contributed by atoms with Crippen molar-refractivity contribution in [2.45, 2.75) is 25.7 Å². The molecule has 1 aromatic carbocycles. The van der Waals surface area contributed by atoms with Crippen LogP contribution in [-0.2, 0) is 0 Å². The van der Waals surface area contributed by atoms with Gasteiger partial charge in [0.1, 0.15) is 17.7 Å². The summed E-state index contributed by atoms with van der Waals surface area (Å²) in [4.78, 5) is 2.12. The van der Waals surface area contributed by atoms with Crippen LogP contribution in [0.3, 0.4) is 0 Å². The molecule has 0 unspecified atom stereocenters. The van der Waals surface area contributed by atoms with Gasteiger partial charge in [-0.25, -0.2) is 0 Å². The summed E-state index contributed by atoms with van der Waals surface area (Å²) in [5, 5.41) is 18.3. The predicted octanol–water partition coefficient (Wildman–Crippen LogP) is 5.08. The normalized spacial score (nSPS) is 14.1. The summed E-state index contributed by atoms with van der Waals surface area (Å²) >= 11 is 1.66. The number of hydrogen-bond donors (Lipinski definition) is 0. The third-order valence-corrected chi connectivity index (χ3v) is 4.00. The molecule has 0 fully saturated rings. The van der Waals surface area contributed by atoms with E-state index in [9.17, 15) is 0 Å².